The molecule has 1 aliphatic carbocycles. The first-order valence-electron chi connectivity index (χ1n) is 7.38. The van der Waals surface area contributed by atoms with Gasteiger partial charge in [-0.2, -0.15) is 0 Å². The molecule has 0 N–H and O–H groups in total. The van der Waals surface area contributed by atoms with Gasteiger partial charge in [0.15, 0.2) is 0 Å². The minimum atomic E-state index is -0.104. The Bertz CT molecular complexity index is 506. The van der Waals surface area contributed by atoms with E-state index in [2.05, 4.69) is 49.9 Å². The fraction of sp³-hybridized carbons (Fsp3) is 0.588. The maximum atomic E-state index is 12.4. The van der Waals surface area contributed by atoms with Crippen LogP contribution in [0.1, 0.15) is 39.2 Å². The summed E-state index contributed by atoms with van der Waals surface area (Å²) in [6.45, 7) is 7.36. The van der Waals surface area contributed by atoms with E-state index in [9.17, 15) is 4.79 Å². The lowest BCUT2D eigenvalue weighted by atomic mass is 9.89. The Labute approximate surface area is 115 Å². The molecule has 1 saturated carbocycles. The van der Waals surface area contributed by atoms with E-state index in [1.54, 1.807) is 0 Å². The number of Topliss-reactive ketones (excluding diaryl/α,β-unsaturated/α-hetero) is 1. The summed E-state index contributed by atoms with van der Waals surface area (Å²) in [5.41, 5.74) is 2.67. The highest BCUT2D eigenvalue weighted by Gasteiger charge is 2.42. The van der Waals surface area contributed by atoms with Crippen molar-refractivity contribution in [1.29, 1.82) is 0 Å². The van der Waals surface area contributed by atoms with Crippen molar-refractivity contribution in [2.45, 2.75) is 46.1 Å². The van der Waals surface area contributed by atoms with Gasteiger partial charge in [0.1, 0.15) is 5.78 Å². The van der Waals surface area contributed by atoms with Crippen LogP contribution in [0, 0.1) is 11.3 Å². The van der Waals surface area contributed by atoms with Gasteiger partial charge in [-0.3, -0.25) is 4.79 Å². The van der Waals surface area contributed by atoms with Crippen LogP contribution in [-0.4, -0.2) is 18.4 Å². The first-order chi connectivity index (χ1) is 8.99. The highest BCUT2D eigenvalue weighted by Crippen LogP contribution is 2.40. The van der Waals surface area contributed by atoms with Crippen LogP contribution < -0.4 is 4.90 Å². The first kappa shape index (κ1) is 12.7. The third kappa shape index (κ3) is 2.07. The summed E-state index contributed by atoms with van der Waals surface area (Å²) in [7, 11) is 0. The van der Waals surface area contributed by atoms with E-state index in [4.69, 9.17) is 0 Å². The van der Waals surface area contributed by atoms with Gasteiger partial charge in [0.25, 0.3) is 0 Å². The molecule has 0 saturated heterocycles. The Kier molecular flexibility index (Phi) is 2.92. The minimum Gasteiger partial charge on any atom is -0.368 e. The van der Waals surface area contributed by atoms with Crippen molar-refractivity contribution >= 4 is 11.5 Å². The number of hydrogen-bond acceptors (Lipinski definition) is 2. The van der Waals surface area contributed by atoms with E-state index in [1.807, 2.05) is 0 Å². The Balaban J connectivity index is 1.80. The second-order valence-electron chi connectivity index (χ2n) is 6.82. The summed E-state index contributed by atoms with van der Waals surface area (Å²) in [4.78, 5) is 14.9. The van der Waals surface area contributed by atoms with E-state index >= 15 is 0 Å². The molecule has 2 atom stereocenters. The molecule has 0 spiro atoms. The van der Waals surface area contributed by atoms with Crippen LogP contribution in [0.4, 0.5) is 5.69 Å². The van der Waals surface area contributed by atoms with Gasteiger partial charge in [-0.15, -0.1) is 0 Å². The summed E-state index contributed by atoms with van der Waals surface area (Å²) in [5.74, 6) is 0.688. The van der Waals surface area contributed by atoms with Crippen LogP contribution in [0.3, 0.4) is 0 Å². The van der Waals surface area contributed by atoms with Crippen molar-refractivity contribution in [2.75, 3.05) is 11.4 Å². The molecule has 2 heteroatoms. The zero-order valence-electron chi connectivity index (χ0n) is 12.1. The van der Waals surface area contributed by atoms with E-state index in [-0.39, 0.29) is 11.3 Å². The molecule has 1 aromatic carbocycles. The molecule has 0 amide bonds. The Morgan fingerprint density at radius 2 is 2.05 bits per heavy atom. The molecular weight excluding hydrogens is 234 g/mol. The van der Waals surface area contributed by atoms with E-state index in [1.165, 1.54) is 11.3 Å². The molecule has 0 bridgehead atoms. The van der Waals surface area contributed by atoms with E-state index in [0.29, 0.717) is 11.8 Å². The lowest BCUT2D eigenvalue weighted by molar-refractivity contribution is -0.127. The molecule has 1 aliphatic heterocycles. The number of fused-ring (bicyclic) bond motifs is 1. The standard InChI is InChI=1S/C17H23NO/c1-12-10-13-6-4-5-7-15(13)18(12)11-14-8-9-17(2,3)16(14)19/h4-7,12,14H,8-11H2,1-3H3. The molecule has 1 heterocycles. The van der Waals surface area contributed by atoms with Crippen molar-refractivity contribution in [1.82, 2.24) is 0 Å². The molecule has 2 unspecified atom stereocenters. The van der Waals surface area contributed by atoms with Gasteiger partial charge < -0.3 is 4.90 Å². The third-order valence-electron chi connectivity index (χ3n) is 4.92. The highest BCUT2D eigenvalue weighted by molar-refractivity contribution is 5.89. The average Bonchev–Trinajstić information content (AvgIpc) is 2.82. The molecule has 1 aromatic rings. The summed E-state index contributed by atoms with van der Waals surface area (Å²) >= 11 is 0. The highest BCUT2D eigenvalue weighted by atomic mass is 16.1. The molecule has 0 radical (unpaired) electrons. The predicted molar refractivity (Wildman–Crippen MR) is 78.5 cm³/mol. The maximum absolute atomic E-state index is 12.4. The van der Waals surface area contributed by atoms with Crippen molar-refractivity contribution in [3.63, 3.8) is 0 Å². The van der Waals surface area contributed by atoms with E-state index in [0.717, 1.165) is 25.8 Å². The number of benzene rings is 1. The van der Waals surface area contributed by atoms with Crippen LogP contribution in [0.5, 0.6) is 0 Å². The Morgan fingerprint density at radius 1 is 1.32 bits per heavy atom. The number of ketones is 1. The Hall–Kier alpha value is -1.31. The molecule has 2 nitrogen and oxygen atoms in total. The van der Waals surface area contributed by atoms with Crippen molar-refractivity contribution in [2.24, 2.45) is 11.3 Å². The number of para-hydroxylation sites is 1. The fourth-order valence-electron chi connectivity index (χ4n) is 3.66. The SMILES string of the molecule is CC1Cc2ccccc2N1CC1CCC(C)(C)C1=O. The minimum absolute atomic E-state index is 0.104. The number of hydrogen-bond donors (Lipinski definition) is 0. The molecule has 0 aromatic heterocycles. The van der Waals surface area contributed by atoms with Crippen molar-refractivity contribution in [3.8, 4) is 0 Å². The van der Waals surface area contributed by atoms with Gasteiger partial charge in [-0.1, -0.05) is 32.0 Å². The molecule has 19 heavy (non-hydrogen) atoms. The first-order valence-corrected chi connectivity index (χ1v) is 7.38. The Morgan fingerprint density at radius 3 is 2.74 bits per heavy atom. The molecule has 2 aliphatic rings. The summed E-state index contributed by atoms with van der Waals surface area (Å²) in [6, 6.07) is 9.15. The van der Waals surface area contributed by atoms with Crippen LogP contribution >= 0.6 is 0 Å². The average molecular weight is 257 g/mol. The molecule has 3 rings (SSSR count). The van der Waals surface area contributed by atoms with Crippen LogP contribution in [0.2, 0.25) is 0 Å². The summed E-state index contributed by atoms with van der Waals surface area (Å²) < 4.78 is 0. The smallest absolute Gasteiger partial charge is 0.143 e. The van der Waals surface area contributed by atoms with Crippen LogP contribution in [-0.2, 0) is 11.2 Å². The summed E-state index contributed by atoms with van der Waals surface area (Å²) in [5, 5.41) is 0. The van der Waals surface area contributed by atoms with Crippen molar-refractivity contribution < 1.29 is 4.79 Å². The predicted octanol–water partition coefficient (Wildman–Crippen LogP) is 3.44. The second-order valence-corrected chi connectivity index (χ2v) is 6.82. The summed E-state index contributed by atoms with van der Waals surface area (Å²) in [6.07, 6.45) is 3.21. The topological polar surface area (TPSA) is 20.3 Å². The largest absolute Gasteiger partial charge is 0.368 e. The van der Waals surface area contributed by atoms with Crippen molar-refractivity contribution in [3.05, 3.63) is 29.8 Å². The lowest BCUT2D eigenvalue weighted by Crippen LogP contribution is -2.37. The van der Waals surface area contributed by atoms with Gasteiger partial charge >= 0.3 is 0 Å². The molecule has 1 fully saturated rings. The fourth-order valence-corrected chi connectivity index (χ4v) is 3.66. The lowest BCUT2D eigenvalue weighted by Gasteiger charge is -2.28. The van der Waals surface area contributed by atoms with Gasteiger partial charge in [-0.05, 0) is 37.8 Å². The van der Waals surface area contributed by atoms with Gasteiger partial charge in [0.2, 0.25) is 0 Å². The molecular formula is C17H23NO. The normalized spacial score (nSPS) is 28.8. The number of anilines is 1. The zero-order chi connectivity index (χ0) is 13.6. The van der Waals surface area contributed by atoms with Crippen LogP contribution in [0.15, 0.2) is 24.3 Å². The van der Waals surface area contributed by atoms with E-state index < -0.39 is 0 Å². The number of rotatable bonds is 2. The zero-order valence-corrected chi connectivity index (χ0v) is 12.1. The van der Waals surface area contributed by atoms with Crippen LogP contribution in [0.25, 0.3) is 0 Å². The third-order valence-corrected chi connectivity index (χ3v) is 4.92. The maximum Gasteiger partial charge on any atom is 0.143 e. The number of carbonyl (C=O) groups is 1. The molecule has 102 valence electrons. The van der Waals surface area contributed by atoms with Gasteiger partial charge in [0.05, 0.1) is 0 Å². The van der Waals surface area contributed by atoms with Gasteiger partial charge in [-0.25, -0.2) is 0 Å². The quantitative estimate of drug-likeness (QED) is 0.809. The second kappa shape index (κ2) is 4.36. The number of nitrogens with zero attached hydrogens (tertiary/aromatic N) is 1. The number of carbonyl (C=O) groups excluding carboxylic acids is 1. The van der Waals surface area contributed by atoms with Gasteiger partial charge in [0, 0.05) is 29.6 Å². The monoisotopic (exact) mass is 257 g/mol.